The average molecular weight is 323 g/mol. The van der Waals surface area contributed by atoms with E-state index in [1.165, 1.54) is 18.4 Å². The van der Waals surface area contributed by atoms with E-state index in [1.807, 2.05) is 12.1 Å². The second-order valence-electron chi connectivity index (χ2n) is 5.94. The Morgan fingerprint density at radius 2 is 1.75 bits per heavy atom. The van der Waals surface area contributed by atoms with Crippen LogP contribution in [0.4, 0.5) is 0 Å². The topological polar surface area (TPSA) is 72.4 Å². The lowest BCUT2D eigenvalue weighted by molar-refractivity contribution is -0.134. The predicted molar refractivity (Wildman–Crippen MR) is 84.8 cm³/mol. The molecule has 0 N–H and O–H groups in total. The molecule has 0 aliphatic heterocycles. The molecular formula is C18H17N3O3. The van der Waals surface area contributed by atoms with Crippen molar-refractivity contribution < 1.29 is 13.6 Å². The van der Waals surface area contributed by atoms with Gasteiger partial charge in [0.2, 0.25) is 5.91 Å². The predicted octanol–water partition coefficient (Wildman–Crippen LogP) is 2.92. The number of fused-ring (bicyclic) bond motifs is 1. The molecule has 1 aliphatic carbocycles. The molecule has 122 valence electrons. The summed E-state index contributed by atoms with van der Waals surface area (Å²) in [5.41, 5.74) is 3.84. The van der Waals surface area contributed by atoms with Crippen LogP contribution in [0.15, 0.2) is 58.4 Å². The molecule has 1 aromatic carbocycles. The number of amides is 1. The van der Waals surface area contributed by atoms with Crippen molar-refractivity contribution in [3.63, 3.8) is 0 Å². The molecule has 0 bridgehead atoms. The number of nitrogens with zero attached hydrogens (tertiary/aromatic N) is 3. The number of hydrogen-bond acceptors (Lipinski definition) is 5. The molecule has 4 rings (SSSR count). The second-order valence-corrected chi connectivity index (χ2v) is 5.94. The minimum Gasteiger partial charge on any atom is -0.451 e. The van der Waals surface area contributed by atoms with Gasteiger partial charge in [-0.2, -0.15) is 0 Å². The van der Waals surface area contributed by atoms with Crippen LogP contribution in [0.25, 0.3) is 0 Å². The van der Waals surface area contributed by atoms with Gasteiger partial charge in [0.15, 0.2) is 12.8 Å². The van der Waals surface area contributed by atoms with Crippen molar-refractivity contribution in [3.05, 3.63) is 72.1 Å². The molecule has 1 aliphatic rings. The van der Waals surface area contributed by atoms with Gasteiger partial charge >= 0.3 is 0 Å². The van der Waals surface area contributed by atoms with E-state index in [9.17, 15) is 4.79 Å². The minimum atomic E-state index is -0.111. The maximum Gasteiger partial charge on any atom is 0.230 e. The molecule has 2 heterocycles. The Kier molecular flexibility index (Phi) is 3.86. The Morgan fingerprint density at radius 3 is 2.38 bits per heavy atom. The molecule has 3 aromatic rings. The number of carbonyl (C=O) groups excluding carboxylic acids is 1. The highest BCUT2D eigenvalue weighted by Crippen LogP contribution is 2.34. The summed E-state index contributed by atoms with van der Waals surface area (Å²) in [5.74, 6) is -0.0223. The third kappa shape index (κ3) is 2.82. The van der Waals surface area contributed by atoms with Gasteiger partial charge in [0.25, 0.3) is 0 Å². The number of aromatic nitrogens is 2. The third-order valence-corrected chi connectivity index (χ3v) is 4.42. The number of rotatable bonds is 5. The molecule has 0 spiro atoms. The van der Waals surface area contributed by atoms with Crippen molar-refractivity contribution in [2.75, 3.05) is 0 Å². The first-order valence-electron chi connectivity index (χ1n) is 7.92. The first kappa shape index (κ1) is 14.7. The fourth-order valence-corrected chi connectivity index (χ4v) is 3.27. The van der Waals surface area contributed by atoms with Crippen LogP contribution in [-0.2, 0) is 24.3 Å². The fraction of sp³-hybridized carbons (Fsp3) is 0.278. The summed E-state index contributed by atoms with van der Waals surface area (Å²) in [7, 11) is 0. The molecule has 0 saturated carbocycles. The van der Waals surface area contributed by atoms with Gasteiger partial charge in [0.1, 0.15) is 12.5 Å². The third-order valence-electron chi connectivity index (χ3n) is 4.42. The van der Waals surface area contributed by atoms with Crippen LogP contribution < -0.4 is 0 Å². The lowest BCUT2D eigenvalue weighted by Crippen LogP contribution is -2.34. The highest BCUT2D eigenvalue weighted by molar-refractivity contribution is 5.85. The van der Waals surface area contributed by atoms with Gasteiger partial charge in [-0.15, -0.1) is 0 Å². The van der Waals surface area contributed by atoms with Gasteiger partial charge in [0, 0.05) is 0 Å². The summed E-state index contributed by atoms with van der Waals surface area (Å²) in [5, 5.41) is 0. The number of carbonyl (C=O) groups is 1. The fourth-order valence-electron chi connectivity index (χ4n) is 3.27. The maximum absolute atomic E-state index is 13.2. The lowest BCUT2D eigenvalue weighted by atomic mass is 9.99. The molecule has 0 radical (unpaired) electrons. The molecule has 0 fully saturated rings. The van der Waals surface area contributed by atoms with Crippen molar-refractivity contribution in [2.24, 2.45) is 0 Å². The summed E-state index contributed by atoms with van der Waals surface area (Å²) < 4.78 is 10.1. The monoisotopic (exact) mass is 323 g/mol. The summed E-state index contributed by atoms with van der Waals surface area (Å²) >= 11 is 0. The number of oxazole rings is 2. The van der Waals surface area contributed by atoms with Crippen LogP contribution in [0.1, 0.15) is 34.9 Å². The van der Waals surface area contributed by atoms with Crippen LogP contribution in [0.2, 0.25) is 0 Å². The highest BCUT2D eigenvalue weighted by Gasteiger charge is 2.32. The van der Waals surface area contributed by atoms with Gasteiger partial charge < -0.3 is 13.7 Å². The van der Waals surface area contributed by atoms with E-state index < -0.39 is 0 Å². The van der Waals surface area contributed by atoms with Gasteiger partial charge in [-0.05, 0) is 24.0 Å². The quantitative estimate of drug-likeness (QED) is 0.722. The van der Waals surface area contributed by atoms with E-state index in [2.05, 4.69) is 22.1 Å². The van der Waals surface area contributed by atoms with Crippen LogP contribution in [0.3, 0.4) is 0 Å². The van der Waals surface area contributed by atoms with E-state index >= 15 is 0 Å². The first-order chi connectivity index (χ1) is 11.8. The molecule has 6 nitrogen and oxygen atoms in total. The minimum absolute atomic E-state index is 0.0888. The van der Waals surface area contributed by atoms with Crippen LogP contribution in [0.5, 0.6) is 0 Å². The van der Waals surface area contributed by atoms with Gasteiger partial charge in [0.05, 0.1) is 30.4 Å². The molecule has 2 aromatic heterocycles. The smallest absolute Gasteiger partial charge is 0.230 e. The van der Waals surface area contributed by atoms with Crippen LogP contribution >= 0.6 is 0 Å². The average Bonchev–Trinajstić information content (AvgIpc) is 3.35. The van der Waals surface area contributed by atoms with Crippen molar-refractivity contribution in [3.8, 4) is 0 Å². The zero-order chi connectivity index (χ0) is 16.4. The van der Waals surface area contributed by atoms with E-state index in [0.717, 1.165) is 29.8 Å². The molecule has 0 saturated heterocycles. The Hall–Kier alpha value is -2.89. The first-order valence-corrected chi connectivity index (χ1v) is 7.92. The summed E-state index contributed by atoms with van der Waals surface area (Å²) in [6.45, 7) is 0.779. The lowest BCUT2D eigenvalue weighted by Gasteiger charge is -2.24. The SMILES string of the molecule is O=C(C1CCc2ccccc21)N(Cc1cocn1)Cc1cocn1. The molecule has 24 heavy (non-hydrogen) atoms. The Morgan fingerprint density at radius 1 is 1.08 bits per heavy atom. The van der Waals surface area contributed by atoms with E-state index in [-0.39, 0.29) is 11.8 Å². The standard InChI is InChI=1S/C18H17N3O3/c22-18(17-6-5-13-3-1-2-4-16(13)17)21(7-14-9-23-11-19-14)8-15-10-24-12-20-15/h1-4,9-12,17H,5-8H2. The summed E-state index contributed by atoms with van der Waals surface area (Å²) in [6.07, 6.45) is 7.65. The molecule has 1 amide bonds. The molecule has 1 unspecified atom stereocenters. The molecule has 1 atom stereocenters. The largest absolute Gasteiger partial charge is 0.451 e. The maximum atomic E-state index is 13.2. The van der Waals surface area contributed by atoms with Crippen LogP contribution in [-0.4, -0.2) is 20.8 Å². The van der Waals surface area contributed by atoms with Gasteiger partial charge in [-0.1, -0.05) is 24.3 Å². The van der Waals surface area contributed by atoms with E-state index in [1.54, 1.807) is 17.4 Å². The number of aryl methyl sites for hydroxylation is 1. The molecule has 6 heteroatoms. The van der Waals surface area contributed by atoms with Crippen molar-refractivity contribution in [1.29, 1.82) is 0 Å². The Labute approximate surface area is 139 Å². The van der Waals surface area contributed by atoms with Gasteiger partial charge in [-0.25, -0.2) is 9.97 Å². The number of benzene rings is 1. The molecular weight excluding hydrogens is 306 g/mol. The van der Waals surface area contributed by atoms with Crippen LogP contribution in [0, 0.1) is 0 Å². The zero-order valence-corrected chi connectivity index (χ0v) is 13.1. The Bertz CT molecular complexity index is 776. The van der Waals surface area contributed by atoms with E-state index in [4.69, 9.17) is 8.83 Å². The highest BCUT2D eigenvalue weighted by atomic mass is 16.3. The van der Waals surface area contributed by atoms with Crippen molar-refractivity contribution in [2.45, 2.75) is 31.8 Å². The second kappa shape index (κ2) is 6.31. The van der Waals surface area contributed by atoms with Gasteiger partial charge in [-0.3, -0.25) is 4.79 Å². The zero-order valence-electron chi connectivity index (χ0n) is 13.1. The summed E-state index contributed by atoms with van der Waals surface area (Å²) in [6, 6.07) is 8.16. The van der Waals surface area contributed by atoms with E-state index in [0.29, 0.717) is 13.1 Å². The number of hydrogen-bond donors (Lipinski definition) is 0. The van der Waals surface area contributed by atoms with Crippen molar-refractivity contribution in [1.82, 2.24) is 14.9 Å². The summed E-state index contributed by atoms with van der Waals surface area (Å²) in [4.78, 5) is 23.2. The normalized spacial score (nSPS) is 16.1. The Balaban J connectivity index is 1.59. The van der Waals surface area contributed by atoms with Crippen molar-refractivity contribution >= 4 is 5.91 Å².